The summed E-state index contributed by atoms with van der Waals surface area (Å²) in [7, 11) is 0. The zero-order chi connectivity index (χ0) is 19.7. The van der Waals surface area contributed by atoms with Gasteiger partial charge in [-0.25, -0.2) is 4.39 Å². The lowest BCUT2D eigenvalue weighted by molar-refractivity contribution is -0.132. The van der Waals surface area contributed by atoms with Crippen LogP contribution in [0.2, 0.25) is 10.0 Å². The number of nitrogens with zero attached hydrogens (tertiary/aromatic N) is 2. The van der Waals surface area contributed by atoms with Crippen LogP contribution in [0.5, 0.6) is 11.5 Å². The Labute approximate surface area is 166 Å². The molecule has 27 heavy (non-hydrogen) atoms. The van der Waals surface area contributed by atoms with E-state index in [0.717, 1.165) is 5.69 Å². The summed E-state index contributed by atoms with van der Waals surface area (Å²) >= 11 is 12.2. The summed E-state index contributed by atoms with van der Waals surface area (Å²) in [6.45, 7) is 2.30. The van der Waals surface area contributed by atoms with E-state index >= 15 is 0 Å². The monoisotopic (exact) mass is 412 g/mol. The maximum atomic E-state index is 13.3. The number of hydrogen-bond acceptors (Lipinski definition) is 4. The molecule has 144 valence electrons. The van der Waals surface area contributed by atoms with Crippen LogP contribution < -0.4 is 0 Å². The van der Waals surface area contributed by atoms with Gasteiger partial charge in [0, 0.05) is 25.2 Å². The Morgan fingerprint density at radius 3 is 2.56 bits per heavy atom. The van der Waals surface area contributed by atoms with Gasteiger partial charge in [-0.05, 0) is 49.4 Å². The van der Waals surface area contributed by atoms with E-state index in [9.17, 15) is 19.4 Å². The molecule has 2 heterocycles. The van der Waals surface area contributed by atoms with Crippen molar-refractivity contribution in [1.29, 1.82) is 0 Å². The number of carbonyl (C=O) groups is 1. The van der Waals surface area contributed by atoms with Gasteiger partial charge < -0.3 is 15.1 Å². The van der Waals surface area contributed by atoms with E-state index < -0.39 is 11.5 Å². The number of fused-ring (bicyclic) bond motifs is 1. The van der Waals surface area contributed by atoms with Crippen LogP contribution in [0.15, 0.2) is 12.1 Å². The topological polar surface area (TPSA) is 73.7 Å². The Kier molecular flexibility index (Phi) is 5.77. The molecule has 0 saturated carbocycles. The van der Waals surface area contributed by atoms with Crippen LogP contribution in [0, 0.1) is 12.7 Å². The number of rotatable bonds is 4. The lowest BCUT2D eigenvalue weighted by atomic mass is 9.98. The number of aryl methyl sites for hydroxylation is 2. The molecular formula is C19H19Cl2FN2O3. The summed E-state index contributed by atoms with van der Waals surface area (Å²) in [5, 5.41) is 19.8. The molecule has 0 spiro atoms. The highest BCUT2D eigenvalue weighted by molar-refractivity contribution is 6.36. The normalized spacial score (nSPS) is 13.6. The average Bonchev–Trinajstić information content (AvgIpc) is 2.66. The highest BCUT2D eigenvalue weighted by atomic mass is 35.5. The number of aromatic hydroxyl groups is 2. The number of phenolic OH excluding ortho intramolecular Hbond substituents is 2. The summed E-state index contributed by atoms with van der Waals surface area (Å²) in [6, 6.07) is 3.01. The van der Waals surface area contributed by atoms with Gasteiger partial charge in [-0.2, -0.15) is 0 Å². The van der Waals surface area contributed by atoms with Crippen molar-refractivity contribution < 1.29 is 19.4 Å². The van der Waals surface area contributed by atoms with Gasteiger partial charge in [0.15, 0.2) is 11.5 Å². The first kappa shape index (κ1) is 19.7. The van der Waals surface area contributed by atoms with Gasteiger partial charge in [0.1, 0.15) is 5.82 Å². The van der Waals surface area contributed by atoms with Crippen molar-refractivity contribution in [2.45, 2.75) is 39.2 Å². The summed E-state index contributed by atoms with van der Waals surface area (Å²) in [6.07, 6.45) is 1.95. The van der Waals surface area contributed by atoms with Gasteiger partial charge in [0.2, 0.25) is 5.91 Å². The lowest BCUT2D eigenvalue weighted by Crippen LogP contribution is -2.36. The number of aromatic nitrogens is 1. The number of carbonyl (C=O) groups excluding carboxylic acids is 1. The molecule has 0 radical (unpaired) electrons. The molecule has 2 aromatic rings. The standard InChI is InChI=1S/C19H19Cl2FN2O3/c1-10-14(22)6-5-11(23-10)3-2-4-15(25)24-8-7-12-13(9-24)17(21)19(27)18(26)16(12)20/h5-6,26-27H,2-4,7-9H2,1H3. The Morgan fingerprint density at radius 1 is 1.22 bits per heavy atom. The highest BCUT2D eigenvalue weighted by Crippen LogP contribution is 2.46. The fraction of sp³-hybridized carbons (Fsp3) is 0.368. The molecule has 3 rings (SSSR count). The second kappa shape index (κ2) is 7.90. The molecule has 0 unspecified atom stereocenters. The number of phenols is 2. The van der Waals surface area contributed by atoms with Gasteiger partial charge in [0.05, 0.1) is 15.7 Å². The number of pyridine rings is 1. The van der Waals surface area contributed by atoms with E-state index in [1.54, 1.807) is 17.9 Å². The second-order valence-corrected chi connectivity index (χ2v) is 7.33. The van der Waals surface area contributed by atoms with Crippen LogP contribution in [0.1, 0.15) is 35.4 Å². The predicted molar refractivity (Wildman–Crippen MR) is 101 cm³/mol. The van der Waals surface area contributed by atoms with Gasteiger partial charge in [-0.1, -0.05) is 23.2 Å². The zero-order valence-corrected chi connectivity index (χ0v) is 16.2. The van der Waals surface area contributed by atoms with E-state index in [4.69, 9.17) is 23.2 Å². The van der Waals surface area contributed by atoms with Gasteiger partial charge in [-0.15, -0.1) is 0 Å². The van der Waals surface area contributed by atoms with E-state index in [1.807, 2.05) is 0 Å². The van der Waals surface area contributed by atoms with Crippen molar-refractivity contribution in [3.8, 4) is 11.5 Å². The molecule has 2 N–H and O–H groups in total. The van der Waals surface area contributed by atoms with E-state index in [2.05, 4.69) is 4.98 Å². The fourth-order valence-corrected chi connectivity index (χ4v) is 3.79. The van der Waals surface area contributed by atoms with E-state index in [0.29, 0.717) is 49.0 Å². The largest absolute Gasteiger partial charge is 0.503 e. The predicted octanol–water partition coefficient (Wildman–Crippen LogP) is 4.15. The van der Waals surface area contributed by atoms with Gasteiger partial charge >= 0.3 is 0 Å². The lowest BCUT2D eigenvalue weighted by Gasteiger charge is -2.30. The quantitative estimate of drug-likeness (QED) is 0.739. The van der Waals surface area contributed by atoms with E-state index in [1.165, 1.54) is 6.07 Å². The molecule has 5 nitrogen and oxygen atoms in total. The summed E-state index contributed by atoms with van der Waals surface area (Å²) < 4.78 is 13.3. The Morgan fingerprint density at radius 2 is 1.89 bits per heavy atom. The molecule has 1 aliphatic heterocycles. The van der Waals surface area contributed by atoms with Crippen LogP contribution in [0.3, 0.4) is 0 Å². The van der Waals surface area contributed by atoms with Gasteiger partial charge in [-0.3, -0.25) is 9.78 Å². The minimum absolute atomic E-state index is 0.0235. The SMILES string of the molecule is Cc1nc(CCCC(=O)N2CCc3c(Cl)c(O)c(O)c(Cl)c3C2)ccc1F. The minimum atomic E-state index is -0.465. The van der Waals surface area contributed by atoms with Crippen molar-refractivity contribution in [3.63, 3.8) is 0 Å². The first-order valence-electron chi connectivity index (χ1n) is 8.60. The molecule has 8 heteroatoms. The zero-order valence-electron chi connectivity index (χ0n) is 14.7. The Balaban J connectivity index is 1.63. The Hall–Kier alpha value is -2.05. The second-order valence-electron chi connectivity index (χ2n) is 6.57. The highest BCUT2D eigenvalue weighted by Gasteiger charge is 2.28. The third-order valence-electron chi connectivity index (χ3n) is 4.77. The molecule has 0 fully saturated rings. The summed E-state index contributed by atoms with van der Waals surface area (Å²) in [5.74, 6) is -1.28. The maximum Gasteiger partial charge on any atom is 0.222 e. The van der Waals surface area contributed by atoms with Crippen molar-refractivity contribution >= 4 is 29.1 Å². The summed E-state index contributed by atoms with van der Waals surface area (Å²) in [5.41, 5.74) is 2.32. The molecule has 0 aliphatic carbocycles. The number of benzene rings is 1. The van der Waals surface area contributed by atoms with Crippen molar-refractivity contribution in [1.82, 2.24) is 9.88 Å². The number of amides is 1. The van der Waals surface area contributed by atoms with Crippen LogP contribution in [-0.4, -0.2) is 32.5 Å². The summed E-state index contributed by atoms with van der Waals surface area (Å²) in [4.78, 5) is 18.3. The van der Waals surface area contributed by atoms with Crippen molar-refractivity contribution in [3.05, 3.63) is 50.5 Å². The number of hydrogen-bond donors (Lipinski definition) is 2. The minimum Gasteiger partial charge on any atom is -0.503 e. The average molecular weight is 413 g/mol. The molecule has 0 bridgehead atoms. The smallest absolute Gasteiger partial charge is 0.222 e. The molecule has 1 aliphatic rings. The molecule has 1 aromatic heterocycles. The van der Waals surface area contributed by atoms with Crippen LogP contribution in [-0.2, 0) is 24.2 Å². The third-order valence-corrected chi connectivity index (χ3v) is 5.58. The van der Waals surface area contributed by atoms with Crippen molar-refractivity contribution in [2.75, 3.05) is 6.54 Å². The third kappa shape index (κ3) is 3.96. The maximum absolute atomic E-state index is 13.3. The molecule has 1 amide bonds. The molecule has 0 atom stereocenters. The van der Waals surface area contributed by atoms with Crippen molar-refractivity contribution in [2.24, 2.45) is 0 Å². The Bertz CT molecular complexity index is 905. The number of halogens is 3. The van der Waals surface area contributed by atoms with Crippen LogP contribution >= 0.6 is 23.2 Å². The van der Waals surface area contributed by atoms with Crippen LogP contribution in [0.4, 0.5) is 4.39 Å². The first-order chi connectivity index (χ1) is 12.8. The molecular weight excluding hydrogens is 394 g/mol. The van der Waals surface area contributed by atoms with E-state index in [-0.39, 0.29) is 28.3 Å². The first-order valence-corrected chi connectivity index (χ1v) is 9.35. The fourth-order valence-electron chi connectivity index (χ4n) is 3.23. The van der Waals surface area contributed by atoms with Crippen LogP contribution in [0.25, 0.3) is 0 Å². The molecule has 0 saturated heterocycles. The molecule has 1 aromatic carbocycles. The van der Waals surface area contributed by atoms with Gasteiger partial charge in [0.25, 0.3) is 0 Å².